The summed E-state index contributed by atoms with van der Waals surface area (Å²) in [5.41, 5.74) is 0. The minimum absolute atomic E-state index is 0.349. The molecule has 0 aromatic carbocycles. The molecule has 0 nitrogen and oxygen atoms in total. The van der Waals surface area contributed by atoms with Crippen LogP contribution in [0, 0.1) is 0 Å². The molecule has 0 radical (unpaired) electrons. The van der Waals surface area contributed by atoms with Gasteiger partial charge < -0.3 is 0 Å². The van der Waals surface area contributed by atoms with E-state index in [0.717, 1.165) is 0 Å². The summed E-state index contributed by atoms with van der Waals surface area (Å²) in [4.78, 5) is 0. The van der Waals surface area contributed by atoms with Crippen molar-refractivity contribution in [2.45, 2.75) is 12.8 Å². The Kier molecular flexibility index (Phi) is 13.7. The zero-order valence-electron chi connectivity index (χ0n) is 13.4. The number of hydrogen-bond acceptors (Lipinski definition) is 0. The van der Waals surface area contributed by atoms with Crippen LogP contribution in [0.15, 0.2) is 0 Å². The third-order valence-electron chi connectivity index (χ3n) is 3.15. The Morgan fingerprint density at radius 3 is 1.06 bits per heavy atom. The normalized spacial score (nSPS) is 15.3. The van der Waals surface area contributed by atoms with E-state index >= 15 is 0 Å². The van der Waals surface area contributed by atoms with Crippen molar-refractivity contribution < 1.29 is 0 Å². The van der Waals surface area contributed by atoms with E-state index in [1.165, 1.54) is 37.5 Å². The molecule has 0 heterocycles. The Bertz CT molecular complexity index is 163. The smallest absolute Gasteiger partial charge is 0.0289 e. The molecule has 0 N–H and O–H groups in total. The standard InChI is InChI=1S/C14H34P4/c1-15(2)9-7-11-17(5)13-14-18(6)12-8-10-16(3)4/h7-14H2,1-6H3. The minimum Gasteiger partial charge on any atom is -0.113 e. The van der Waals surface area contributed by atoms with E-state index in [0.29, 0.717) is 31.7 Å². The second kappa shape index (κ2) is 12.5. The fraction of sp³-hybridized carbons (Fsp3) is 1.00. The maximum Gasteiger partial charge on any atom is -0.0289 e. The van der Waals surface area contributed by atoms with Gasteiger partial charge in [-0.05, 0) is 89.8 Å². The van der Waals surface area contributed by atoms with Gasteiger partial charge in [0, 0.05) is 0 Å². The summed E-state index contributed by atoms with van der Waals surface area (Å²) in [6.07, 6.45) is 12.2. The molecule has 0 spiro atoms. The lowest BCUT2D eigenvalue weighted by atomic mass is 10.6. The topological polar surface area (TPSA) is 0 Å². The molecule has 0 aliphatic heterocycles. The van der Waals surface area contributed by atoms with Crippen molar-refractivity contribution in [2.75, 3.05) is 77.0 Å². The minimum atomic E-state index is 0.349. The van der Waals surface area contributed by atoms with Crippen LogP contribution in [0.25, 0.3) is 0 Å². The molecule has 0 rings (SSSR count). The largest absolute Gasteiger partial charge is 0.113 e. The molecule has 0 aromatic heterocycles. The Morgan fingerprint density at radius 2 is 0.778 bits per heavy atom. The van der Waals surface area contributed by atoms with E-state index in [4.69, 9.17) is 0 Å². The molecule has 0 bridgehead atoms. The lowest BCUT2D eigenvalue weighted by Gasteiger charge is -2.17. The SMILES string of the molecule is CP(C)CCCP(C)CCP(C)CCCP(C)C. The first-order valence-electron chi connectivity index (χ1n) is 7.08. The first kappa shape index (κ1) is 19.7. The highest BCUT2D eigenvalue weighted by Crippen LogP contribution is 2.40. The Labute approximate surface area is 121 Å². The molecule has 110 valence electrons. The Morgan fingerprint density at radius 1 is 0.444 bits per heavy atom. The second-order valence-corrected chi connectivity index (χ2v) is 16.3. The monoisotopic (exact) mass is 326 g/mol. The van der Waals surface area contributed by atoms with Crippen LogP contribution in [0.5, 0.6) is 0 Å². The number of hydrogen-bond donors (Lipinski definition) is 0. The van der Waals surface area contributed by atoms with Crippen LogP contribution in [0.3, 0.4) is 0 Å². The average Bonchev–Trinajstić information content (AvgIpc) is 2.25. The van der Waals surface area contributed by atoms with Gasteiger partial charge in [0.15, 0.2) is 0 Å². The quantitative estimate of drug-likeness (QED) is 0.442. The van der Waals surface area contributed by atoms with Crippen molar-refractivity contribution in [3.8, 4) is 0 Å². The van der Waals surface area contributed by atoms with Crippen LogP contribution in [0.4, 0.5) is 0 Å². The van der Waals surface area contributed by atoms with Crippen LogP contribution < -0.4 is 0 Å². The predicted molar refractivity (Wildman–Crippen MR) is 102 cm³/mol. The lowest BCUT2D eigenvalue weighted by molar-refractivity contribution is 1.09. The maximum absolute atomic E-state index is 2.53. The molecule has 0 aromatic rings. The van der Waals surface area contributed by atoms with Gasteiger partial charge in [0.1, 0.15) is 0 Å². The molecule has 18 heavy (non-hydrogen) atoms. The summed E-state index contributed by atoms with van der Waals surface area (Å²) in [5.74, 6) is 0. The van der Waals surface area contributed by atoms with Gasteiger partial charge in [-0.15, -0.1) is 31.7 Å². The van der Waals surface area contributed by atoms with Crippen molar-refractivity contribution in [3.05, 3.63) is 0 Å². The zero-order chi connectivity index (χ0) is 14.0. The lowest BCUT2D eigenvalue weighted by Crippen LogP contribution is -1.98. The summed E-state index contributed by atoms with van der Waals surface area (Å²) in [5, 5.41) is 0. The first-order valence-corrected chi connectivity index (χ1v) is 16.2. The van der Waals surface area contributed by atoms with Crippen LogP contribution >= 0.6 is 31.7 Å². The summed E-state index contributed by atoms with van der Waals surface area (Å²) in [6, 6.07) is 0. The van der Waals surface area contributed by atoms with Crippen LogP contribution in [0.2, 0.25) is 0 Å². The van der Waals surface area contributed by atoms with Gasteiger partial charge >= 0.3 is 0 Å². The molecule has 0 aliphatic carbocycles. The summed E-state index contributed by atoms with van der Waals surface area (Å²) in [7, 11) is 1.42. The molecular formula is C14H34P4. The predicted octanol–water partition coefficient (Wildman–Crippen LogP) is 5.47. The molecule has 0 saturated carbocycles. The fourth-order valence-corrected chi connectivity index (χ4v) is 8.53. The highest BCUT2D eigenvalue weighted by atomic mass is 31.1. The molecule has 2 unspecified atom stereocenters. The van der Waals surface area contributed by atoms with Crippen LogP contribution in [-0.4, -0.2) is 77.0 Å². The van der Waals surface area contributed by atoms with E-state index < -0.39 is 0 Å². The Balaban J connectivity index is 3.44. The van der Waals surface area contributed by atoms with E-state index in [2.05, 4.69) is 40.0 Å². The van der Waals surface area contributed by atoms with Gasteiger partial charge in [-0.2, -0.15) is 0 Å². The molecular weight excluding hydrogens is 292 g/mol. The molecule has 0 amide bonds. The average molecular weight is 326 g/mol. The van der Waals surface area contributed by atoms with Crippen molar-refractivity contribution in [3.63, 3.8) is 0 Å². The first-order chi connectivity index (χ1) is 8.41. The second-order valence-electron chi connectivity index (χ2n) is 5.92. The van der Waals surface area contributed by atoms with Gasteiger partial charge in [0.25, 0.3) is 0 Å². The maximum atomic E-state index is 2.53. The Hall–Kier alpha value is 1.72. The fourth-order valence-electron chi connectivity index (χ4n) is 1.88. The van der Waals surface area contributed by atoms with Gasteiger partial charge in [0.2, 0.25) is 0 Å². The molecule has 4 heteroatoms. The van der Waals surface area contributed by atoms with Crippen LogP contribution in [0.1, 0.15) is 12.8 Å². The highest BCUT2D eigenvalue weighted by Gasteiger charge is 2.06. The molecule has 0 saturated heterocycles. The highest BCUT2D eigenvalue weighted by molar-refractivity contribution is 7.61. The van der Waals surface area contributed by atoms with Crippen molar-refractivity contribution in [2.24, 2.45) is 0 Å². The van der Waals surface area contributed by atoms with Crippen molar-refractivity contribution in [1.82, 2.24) is 0 Å². The van der Waals surface area contributed by atoms with Gasteiger partial charge in [-0.1, -0.05) is 0 Å². The van der Waals surface area contributed by atoms with E-state index in [-0.39, 0.29) is 0 Å². The summed E-state index contributed by atoms with van der Waals surface area (Å²) < 4.78 is 0. The molecule has 0 aliphatic rings. The van der Waals surface area contributed by atoms with Crippen LogP contribution in [-0.2, 0) is 0 Å². The van der Waals surface area contributed by atoms with Gasteiger partial charge in [-0.25, -0.2) is 0 Å². The van der Waals surface area contributed by atoms with E-state index in [1.807, 2.05) is 0 Å². The van der Waals surface area contributed by atoms with Crippen molar-refractivity contribution in [1.29, 1.82) is 0 Å². The molecule has 0 fully saturated rings. The van der Waals surface area contributed by atoms with Gasteiger partial charge in [0.05, 0.1) is 0 Å². The number of rotatable bonds is 11. The third kappa shape index (κ3) is 14.1. The van der Waals surface area contributed by atoms with E-state index in [1.54, 1.807) is 12.3 Å². The summed E-state index contributed by atoms with van der Waals surface area (Å²) >= 11 is 0. The van der Waals surface area contributed by atoms with Gasteiger partial charge in [-0.3, -0.25) is 0 Å². The van der Waals surface area contributed by atoms with Crippen molar-refractivity contribution >= 4 is 31.7 Å². The van der Waals surface area contributed by atoms with E-state index in [9.17, 15) is 0 Å². The molecule has 2 atom stereocenters. The zero-order valence-corrected chi connectivity index (χ0v) is 17.0. The summed E-state index contributed by atoms with van der Waals surface area (Å²) in [6.45, 7) is 14.7. The third-order valence-corrected chi connectivity index (χ3v) is 10.1.